The van der Waals surface area contributed by atoms with Crippen molar-refractivity contribution in [1.29, 1.82) is 0 Å². The van der Waals surface area contributed by atoms with Crippen molar-refractivity contribution in [2.75, 3.05) is 0 Å². The van der Waals surface area contributed by atoms with Crippen LogP contribution in [0.1, 0.15) is 16.5 Å². The molecule has 0 radical (unpaired) electrons. The van der Waals surface area contributed by atoms with Crippen LogP contribution in [0, 0.1) is 0 Å². The molecular formula is C9H9Cl5Si. The molecule has 1 aromatic rings. The summed E-state index contributed by atoms with van der Waals surface area (Å²) in [6.07, 6.45) is 0. The van der Waals surface area contributed by atoms with E-state index >= 15 is 0 Å². The average molecular weight is 323 g/mol. The van der Waals surface area contributed by atoms with E-state index in [2.05, 4.69) is 0 Å². The van der Waals surface area contributed by atoms with Crippen molar-refractivity contribution >= 4 is 62.4 Å². The maximum Gasteiger partial charge on any atom is 0.343 e. The van der Waals surface area contributed by atoms with Gasteiger partial charge in [-0.1, -0.05) is 24.3 Å². The first-order valence-corrected chi connectivity index (χ1v) is 10.5. The van der Waals surface area contributed by atoms with Crippen LogP contribution in [0.2, 0.25) is 6.04 Å². The zero-order valence-electron chi connectivity index (χ0n) is 7.69. The van der Waals surface area contributed by atoms with Crippen molar-refractivity contribution in [2.24, 2.45) is 0 Å². The summed E-state index contributed by atoms with van der Waals surface area (Å²) in [7, 11) is 0. The third-order valence-corrected chi connectivity index (χ3v) is 5.14. The van der Waals surface area contributed by atoms with E-state index in [1.807, 2.05) is 24.3 Å². The summed E-state index contributed by atoms with van der Waals surface area (Å²) in [6.45, 7) is 0. The van der Waals surface area contributed by atoms with Crippen LogP contribution < -0.4 is 0 Å². The first-order chi connectivity index (χ1) is 6.92. The number of hydrogen-bond donors (Lipinski definition) is 0. The molecule has 0 spiro atoms. The molecule has 0 saturated heterocycles. The Bertz CT molecular complexity index is 305. The Morgan fingerprint density at radius 2 is 1.60 bits per heavy atom. The molecule has 6 heteroatoms. The molecule has 0 aromatic heterocycles. The highest BCUT2D eigenvalue weighted by atomic mass is 35.8. The highest BCUT2D eigenvalue weighted by molar-refractivity contribution is 7.64. The molecule has 0 saturated carbocycles. The fourth-order valence-electron chi connectivity index (χ4n) is 1.14. The molecule has 1 aromatic carbocycles. The summed E-state index contributed by atoms with van der Waals surface area (Å²) >= 11 is 29.2. The van der Waals surface area contributed by atoms with Crippen LogP contribution in [0.15, 0.2) is 24.3 Å². The SMILES string of the molecule is ClCc1ccc(C(Cl)C[Si](Cl)(Cl)Cl)cc1. The van der Waals surface area contributed by atoms with Gasteiger partial charge in [0.2, 0.25) is 0 Å². The van der Waals surface area contributed by atoms with Crippen molar-refractivity contribution < 1.29 is 0 Å². The fraction of sp³-hybridized carbons (Fsp3) is 0.333. The summed E-state index contributed by atoms with van der Waals surface area (Å²) in [5.74, 6) is 0.492. The summed E-state index contributed by atoms with van der Waals surface area (Å²) in [5.41, 5.74) is 2.01. The smallest absolute Gasteiger partial charge is 0.126 e. The summed E-state index contributed by atoms with van der Waals surface area (Å²) in [5, 5.41) is -0.242. The number of rotatable bonds is 4. The van der Waals surface area contributed by atoms with Gasteiger partial charge in [-0.15, -0.1) is 56.4 Å². The average Bonchev–Trinajstić information content (AvgIpc) is 2.15. The monoisotopic (exact) mass is 320 g/mol. The van der Waals surface area contributed by atoms with E-state index in [-0.39, 0.29) is 5.38 Å². The highest BCUT2D eigenvalue weighted by Crippen LogP contribution is 2.36. The molecule has 0 aliphatic rings. The van der Waals surface area contributed by atoms with Crippen LogP contribution >= 0.6 is 56.4 Å². The van der Waals surface area contributed by atoms with Crippen LogP contribution in [0.3, 0.4) is 0 Å². The normalized spacial score (nSPS) is 13.9. The van der Waals surface area contributed by atoms with Crippen LogP contribution in [-0.2, 0) is 5.88 Å². The van der Waals surface area contributed by atoms with Crippen molar-refractivity contribution in [3.63, 3.8) is 0 Å². The molecule has 0 amide bonds. The van der Waals surface area contributed by atoms with Gasteiger partial charge in [-0.3, -0.25) is 0 Å². The standard InChI is InChI=1S/C9H9Cl5Si/c10-5-7-1-3-8(4-2-7)9(11)6-15(12,13)14/h1-4,9H,5-6H2. The Morgan fingerprint density at radius 3 is 2.00 bits per heavy atom. The van der Waals surface area contributed by atoms with Gasteiger partial charge in [0.05, 0.1) is 5.38 Å². The second-order valence-electron chi connectivity index (χ2n) is 3.16. The van der Waals surface area contributed by atoms with E-state index in [9.17, 15) is 0 Å². The quantitative estimate of drug-likeness (QED) is 0.398. The lowest BCUT2D eigenvalue weighted by Crippen LogP contribution is -2.11. The summed E-state index contributed by atoms with van der Waals surface area (Å²) in [6, 6.07) is 5.44. The molecule has 0 aliphatic carbocycles. The largest absolute Gasteiger partial charge is 0.343 e. The van der Waals surface area contributed by atoms with E-state index in [0.717, 1.165) is 11.1 Å². The zero-order valence-corrected chi connectivity index (χ0v) is 12.5. The third kappa shape index (κ3) is 5.16. The Kier molecular flexibility index (Phi) is 5.57. The molecule has 0 bridgehead atoms. The Balaban J connectivity index is 2.70. The molecular weight excluding hydrogens is 313 g/mol. The van der Waals surface area contributed by atoms with E-state index in [1.54, 1.807) is 0 Å². The minimum atomic E-state index is -2.67. The Morgan fingerprint density at radius 1 is 1.07 bits per heavy atom. The number of hydrogen-bond acceptors (Lipinski definition) is 0. The first-order valence-electron chi connectivity index (χ1n) is 4.28. The van der Waals surface area contributed by atoms with Gasteiger partial charge in [0.25, 0.3) is 0 Å². The van der Waals surface area contributed by atoms with Gasteiger partial charge in [-0.05, 0) is 11.1 Å². The molecule has 0 nitrogen and oxygen atoms in total. The van der Waals surface area contributed by atoms with E-state index in [1.165, 1.54) is 0 Å². The van der Waals surface area contributed by atoms with E-state index in [4.69, 9.17) is 56.4 Å². The number of halogens is 5. The minimum absolute atomic E-state index is 0.242. The van der Waals surface area contributed by atoms with Crippen molar-refractivity contribution in [3.05, 3.63) is 35.4 Å². The molecule has 1 rings (SSSR count). The molecule has 0 N–H and O–H groups in total. The zero-order chi connectivity index (χ0) is 11.5. The molecule has 0 fully saturated rings. The van der Waals surface area contributed by atoms with E-state index < -0.39 is 6.00 Å². The van der Waals surface area contributed by atoms with Gasteiger partial charge in [0.15, 0.2) is 0 Å². The Hall–Kier alpha value is 0.887. The predicted molar refractivity (Wildman–Crippen MR) is 72.7 cm³/mol. The molecule has 1 unspecified atom stereocenters. The lowest BCUT2D eigenvalue weighted by Gasteiger charge is -2.13. The molecule has 15 heavy (non-hydrogen) atoms. The van der Waals surface area contributed by atoms with Gasteiger partial charge in [0, 0.05) is 11.9 Å². The van der Waals surface area contributed by atoms with Crippen LogP contribution in [0.5, 0.6) is 0 Å². The van der Waals surface area contributed by atoms with Crippen LogP contribution in [0.4, 0.5) is 0 Å². The fourth-order valence-corrected chi connectivity index (χ4v) is 4.90. The lowest BCUT2D eigenvalue weighted by molar-refractivity contribution is 1.07. The molecule has 0 heterocycles. The van der Waals surface area contributed by atoms with Crippen molar-refractivity contribution in [2.45, 2.75) is 17.3 Å². The topological polar surface area (TPSA) is 0 Å². The summed E-state index contributed by atoms with van der Waals surface area (Å²) < 4.78 is 0. The Labute approximate surface area is 115 Å². The van der Waals surface area contributed by atoms with Crippen LogP contribution in [-0.4, -0.2) is 6.00 Å². The van der Waals surface area contributed by atoms with Gasteiger partial charge < -0.3 is 0 Å². The highest BCUT2D eigenvalue weighted by Gasteiger charge is 2.29. The van der Waals surface area contributed by atoms with Gasteiger partial charge in [0.1, 0.15) is 0 Å². The molecule has 84 valence electrons. The number of benzene rings is 1. The predicted octanol–water partition coefficient (Wildman–Crippen LogP) is 5.36. The third-order valence-electron chi connectivity index (χ3n) is 1.91. The van der Waals surface area contributed by atoms with Gasteiger partial charge in [-0.2, -0.15) is 0 Å². The second kappa shape index (κ2) is 5.99. The lowest BCUT2D eigenvalue weighted by atomic mass is 10.1. The van der Waals surface area contributed by atoms with E-state index in [0.29, 0.717) is 11.9 Å². The first kappa shape index (κ1) is 13.9. The maximum absolute atomic E-state index is 6.13. The number of alkyl halides is 2. The van der Waals surface area contributed by atoms with Gasteiger partial charge in [-0.25, -0.2) is 0 Å². The summed E-state index contributed by atoms with van der Waals surface area (Å²) in [4.78, 5) is 0. The second-order valence-corrected chi connectivity index (χ2v) is 13.1. The molecule has 0 aliphatic heterocycles. The van der Waals surface area contributed by atoms with Crippen molar-refractivity contribution in [1.82, 2.24) is 0 Å². The van der Waals surface area contributed by atoms with Gasteiger partial charge >= 0.3 is 6.00 Å². The van der Waals surface area contributed by atoms with Crippen LogP contribution in [0.25, 0.3) is 0 Å². The molecule has 1 atom stereocenters. The van der Waals surface area contributed by atoms with Crippen molar-refractivity contribution in [3.8, 4) is 0 Å². The minimum Gasteiger partial charge on any atom is -0.126 e. The maximum atomic E-state index is 6.13.